The monoisotopic (exact) mass is 268 g/mol. The van der Waals surface area contributed by atoms with Gasteiger partial charge >= 0.3 is 0 Å². The lowest BCUT2D eigenvalue weighted by Crippen LogP contribution is -2.46. The second kappa shape index (κ2) is 6.71. The summed E-state index contributed by atoms with van der Waals surface area (Å²) in [4.78, 5) is 14.3. The van der Waals surface area contributed by atoms with E-state index in [-0.39, 0.29) is 6.04 Å². The first-order valence-electron chi connectivity index (χ1n) is 7.75. The number of carbonyl (C=O) groups is 1. The molecule has 1 heterocycles. The Labute approximate surface area is 116 Å². The standard InChI is InChI=1S/C15H28N2O2/c1-3-19-14-7-12(8-14)9-15(18)17-6-4-5-13(10-17)11(2)16/h11-14H,3-10,16H2,1-2H3. The molecule has 1 aliphatic heterocycles. The van der Waals surface area contributed by atoms with Crippen molar-refractivity contribution in [3.05, 3.63) is 0 Å². The van der Waals surface area contributed by atoms with Gasteiger partial charge in [0.25, 0.3) is 0 Å². The molecule has 4 heteroatoms. The normalized spacial score (nSPS) is 32.8. The van der Waals surface area contributed by atoms with Crippen molar-refractivity contribution in [3.8, 4) is 0 Å². The summed E-state index contributed by atoms with van der Waals surface area (Å²) >= 11 is 0. The van der Waals surface area contributed by atoms with E-state index < -0.39 is 0 Å². The molecule has 2 atom stereocenters. The quantitative estimate of drug-likeness (QED) is 0.827. The van der Waals surface area contributed by atoms with Crippen LogP contribution in [0.2, 0.25) is 0 Å². The van der Waals surface area contributed by atoms with Crippen molar-refractivity contribution in [2.24, 2.45) is 17.6 Å². The highest BCUT2D eigenvalue weighted by Crippen LogP contribution is 2.33. The lowest BCUT2D eigenvalue weighted by molar-refractivity contribution is -0.136. The lowest BCUT2D eigenvalue weighted by atomic mass is 9.79. The topological polar surface area (TPSA) is 55.6 Å². The number of amides is 1. The fourth-order valence-corrected chi connectivity index (χ4v) is 3.25. The van der Waals surface area contributed by atoms with Crippen LogP contribution in [0, 0.1) is 11.8 Å². The Kier molecular flexibility index (Phi) is 5.22. The van der Waals surface area contributed by atoms with Crippen LogP contribution in [0.3, 0.4) is 0 Å². The Morgan fingerprint density at radius 2 is 2.21 bits per heavy atom. The van der Waals surface area contributed by atoms with Gasteiger partial charge < -0.3 is 15.4 Å². The first-order valence-corrected chi connectivity index (χ1v) is 7.75. The maximum Gasteiger partial charge on any atom is 0.222 e. The van der Waals surface area contributed by atoms with Gasteiger partial charge in [-0.3, -0.25) is 4.79 Å². The number of ether oxygens (including phenoxy) is 1. The van der Waals surface area contributed by atoms with Gasteiger partial charge in [-0.15, -0.1) is 0 Å². The van der Waals surface area contributed by atoms with E-state index in [0.29, 0.717) is 30.3 Å². The Hall–Kier alpha value is -0.610. The summed E-state index contributed by atoms with van der Waals surface area (Å²) in [5.74, 6) is 1.35. The number of nitrogens with two attached hydrogens (primary N) is 1. The summed E-state index contributed by atoms with van der Waals surface area (Å²) in [5, 5.41) is 0. The Balaban J connectivity index is 1.71. The van der Waals surface area contributed by atoms with Crippen molar-refractivity contribution in [2.75, 3.05) is 19.7 Å². The number of hydrogen-bond donors (Lipinski definition) is 1. The summed E-state index contributed by atoms with van der Waals surface area (Å²) in [6, 6.07) is 0.196. The van der Waals surface area contributed by atoms with Crippen LogP contribution < -0.4 is 5.73 Å². The maximum absolute atomic E-state index is 12.3. The molecule has 19 heavy (non-hydrogen) atoms. The molecule has 2 unspecified atom stereocenters. The van der Waals surface area contributed by atoms with Crippen molar-refractivity contribution in [1.29, 1.82) is 0 Å². The minimum Gasteiger partial charge on any atom is -0.378 e. The van der Waals surface area contributed by atoms with Gasteiger partial charge in [0.05, 0.1) is 6.10 Å². The fourth-order valence-electron chi connectivity index (χ4n) is 3.25. The van der Waals surface area contributed by atoms with Gasteiger partial charge in [0.2, 0.25) is 5.91 Å². The van der Waals surface area contributed by atoms with Crippen molar-refractivity contribution >= 4 is 5.91 Å². The summed E-state index contributed by atoms with van der Waals surface area (Å²) < 4.78 is 5.54. The minimum atomic E-state index is 0.196. The Bertz CT molecular complexity index is 301. The van der Waals surface area contributed by atoms with E-state index in [1.807, 2.05) is 11.8 Å². The smallest absolute Gasteiger partial charge is 0.222 e. The lowest BCUT2D eigenvalue weighted by Gasteiger charge is -2.38. The van der Waals surface area contributed by atoms with Gasteiger partial charge in [0.15, 0.2) is 0 Å². The van der Waals surface area contributed by atoms with Crippen LogP contribution in [-0.2, 0) is 9.53 Å². The predicted octanol–water partition coefficient (Wildman–Crippen LogP) is 1.78. The predicted molar refractivity (Wildman–Crippen MR) is 75.7 cm³/mol. The molecule has 2 N–H and O–H groups in total. The fraction of sp³-hybridized carbons (Fsp3) is 0.933. The number of nitrogens with zero attached hydrogens (tertiary/aromatic N) is 1. The van der Waals surface area contributed by atoms with Gasteiger partial charge in [-0.1, -0.05) is 0 Å². The van der Waals surface area contributed by atoms with E-state index in [2.05, 4.69) is 6.92 Å². The molecule has 0 aromatic rings. The van der Waals surface area contributed by atoms with E-state index >= 15 is 0 Å². The van der Waals surface area contributed by atoms with Gasteiger partial charge in [-0.25, -0.2) is 0 Å². The van der Waals surface area contributed by atoms with Gasteiger partial charge in [-0.05, 0) is 51.4 Å². The molecule has 0 radical (unpaired) electrons. The summed E-state index contributed by atoms with van der Waals surface area (Å²) in [6.45, 7) is 6.65. The molecule has 4 nitrogen and oxygen atoms in total. The third-order valence-electron chi connectivity index (χ3n) is 4.61. The second-order valence-corrected chi connectivity index (χ2v) is 6.22. The largest absolute Gasteiger partial charge is 0.378 e. The van der Waals surface area contributed by atoms with Gasteiger partial charge in [0, 0.05) is 32.2 Å². The number of likely N-dealkylation sites (tertiary alicyclic amines) is 1. The molecular weight excluding hydrogens is 240 g/mol. The number of carbonyl (C=O) groups excluding carboxylic acids is 1. The van der Waals surface area contributed by atoms with Crippen LogP contribution in [-0.4, -0.2) is 42.6 Å². The average molecular weight is 268 g/mol. The molecule has 2 aliphatic rings. The van der Waals surface area contributed by atoms with E-state index in [4.69, 9.17) is 10.5 Å². The highest BCUT2D eigenvalue weighted by Gasteiger charge is 2.33. The number of piperidine rings is 1. The molecule has 110 valence electrons. The second-order valence-electron chi connectivity index (χ2n) is 6.22. The van der Waals surface area contributed by atoms with E-state index in [9.17, 15) is 4.79 Å². The molecule has 0 aromatic carbocycles. The zero-order valence-corrected chi connectivity index (χ0v) is 12.3. The van der Waals surface area contributed by atoms with Crippen molar-refractivity contribution in [2.45, 2.75) is 58.1 Å². The highest BCUT2D eigenvalue weighted by molar-refractivity contribution is 5.76. The molecule has 1 saturated carbocycles. The SMILES string of the molecule is CCOC1CC(CC(=O)N2CCCC(C(C)N)C2)C1. The van der Waals surface area contributed by atoms with Crippen LogP contribution >= 0.6 is 0 Å². The van der Waals surface area contributed by atoms with Gasteiger partial charge in [-0.2, -0.15) is 0 Å². The van der Waals surface area contributed by atoms with Crippen LogP contribution in [0.25, 0.3) is 0 Å². The Morgan fingerprint density at radius 3 is 2.84 bits per heavy atom. The minimum absolute atomic E-state index is 0.196. The molecule has 0 aromatic heterocycles. The summed E-state index contributed by atoms with van der Waals surface area (Å²) in [6.07, 6.45) is 5.49. The van der Waals surface area contributed by atoms with E-state index in [0.717, 1.165) is 45.4 Å². The Morgan fingerprint density at radius 1 is 1.47 bits per heavy atom. The van der Waals surface area contributed by atoms with E-state index in [1.165, 1.54) is 0 Å². The molecule has 2 rings (SSSR count). The molecule has 0 spiro atoms. The average Bonchev–Trinajstić information content (AvgIpc) is 2.36. The van der Waals surface area contributed by atoms with Crippen molar-refractivity contribution in [3.63, 3.8) is 0 Å². The van der Waals surface area contributed by atoms with Crippen LogP contribution in [0.15, 0.2) is 0 Å². The first kappa shape index (κ1) is 14.8. The molecule has 1 amide bonds. The zero-order valence-electron chi connectivity index (χ0n) is 12.3. The third kappa shape index (κ3) is 3.93. The van der Waals surface area contributed by atoms with Crippen LogP contribution in [0.5, 0.6) is 0 Å². The molecule has 1 saturated heterocycles. The number of hydrogen-bond acceptors (Lipinski definition) is 3. The first-order chi connectivity index (χ1) is 9.10. The molecule has 2 fully saturated rings. The summed E-state index contributed by atoms with van der Waals surface area (Å²) in [7, 11) is 0. The molecule has 0 bridgehead atoms. The van der Waals surface area contributed by atoms with Crippen LogP contribution in [0.4, 0.5) is 0 Å². The van der Waals surface area contributed by atoms with Gasteiger partial charge in [0.1, 0.15) is 0 Å². The van der Waals surface area contributed by atoms with E-state index in [1.54, 1.807) is 0 Å². The zero-order chi connectivity index (χ0) is 13.8. The molecule has 1 aliphatic carbocycles. The maximum atomic E-state index is 12.3. The van der Waals surface area contributed by atoms with Crippen molar-refractivity contribution in [1.82, 2.24) is 4.90 Å². The van der Waals surface area contributed by atoms with Crippen LogP contribution in [0.1, 0.15) is 46.0 Å². The highest BCUT2D eigenvalue weighted by atomic mass is 16.5. The third-order valence-corrected chi connectivity index (χ3v) is 4.61. The summed E-state index contributed by atoms with van der Waals surface area (Å²) in [5.41, 5.74) is 5.97. The number of rotatable bonds is 5. The van der Waals surface area contributed by atoms with Crippen molar-refractivity contribution < 1.29 is 9.53 Å². The molecular formula is C15H28N2O2.